The summed E-state index contributed by atoms with van der Waals surface area (Å²) in [5.41, 5.74) is 10.9. The van der Waals surface area contributed by atoms with Crippen LogP contribution in [0.3, 0.4) is 0 Å². The smallest absolute Gasteiger partial charge is 0.238 e. The zero-order chi connectivity index (χ0) is 37.7. The highest BCUT2D eigenvalue weighted by molar-refractivity contribution is 6.11. The Morgan fingerprint density at radius 3 is 1.63 bits per heavy atom. The van der Waals surface area contributed by atoms with Crippen molar-refractivity contribution in [1.82, 2.24) is 19.5 Å². The van der Waals surface area contributed by atoms with E-state index in [9.17, 15) is 0 Å². The van der Waals surface area contributed by atoms with Crippen LogP contribution in [0.4, 0.5) is 0 Å². The van der Waals surface area contributed by atoms with E-state index in [2.05, 4.69) is 205 Å². The summed E-state index contributed by atoms with van der Waals surface area (Å²) in [6.45, 7) is 0. The molecular formula is C53H34N4. The van der Waals surface area contributed by atoms with Crippen molar-refractivity contribution in [3.8, 4) is 62.1 Å². The molecule has 2 heterocycles. The Kier molecular flexibility index (Phi) is 7.78. The molecule has 0 saturated carbocycles. The molecule has 0 unspecified atom stereocenters. The summed E-state index contributed by atoms with van der Waals surface area (Å²) in [7, 11) is 0. The van der Waals surface area contributed by atoms with Crippen LogP contribution in [0.25, 0.3) is 105 Å². The topological polar surface area (TPSA) is 43.6 Å². The van der Waals surface area contributed by atoms with Gasteiger partial charge in [-0.1, -0.05) is 188 Å². The summed E-state index contributed by atoms with van der Waals surface area (Å²) in [6, 6.07) is 72.8. The Balaban J connectivity index is 1.16. The molecule has 2 aromatic heterocycles. The van der Waals surface area contributed by atoms with Crippen molar-refractivity contribution in [2.75, 3.05) is 0 Å². The summed E-state index contributed by atoms with van der Waals surface area (Å²) in [5.74, 6) is 1.80. The lowest BCUT2D eigenvalue weighted by atomic mass is 9.94. The van der Waals surface area contributed by atoms with E-state index >= 15 is 0 Å². The second-order valence-electron chi connectivity index (χ2n) is 14.4. The van der Waals surface area contributed by atoms with Crippen LogP contribution >= 0.6 is 0 Å². The molecule has 9 aromatic carbocycles. The highest BCUT2D eigenvalue weighted by atomic mass is 15.2. The number of aromatic nitrogens is 4. The fourth-order valence-electron chi connectivity index (χ4n) is 8.38. The Labute approximate surface area is 330 Å². The van der Waals surface area contributed by atoms with E-state index in [1.807, 2.05) is 6.07 Å². The molecule has 0 aliphatic heterocycles. The van der Waals surface area contributed by atoms with Crippen LogP contribution in [0, 0.1) is 0 Å². The summed E-state index contributed by atoms with van der Waals surface area (Å²) in [4.78, 5) is 16.0. The number of nitrogens with zero attached hydrogens (tertiary/aromatic N) is 4. The Morgan fingerprint density at radius 2 is 0.842 bits per heavy atom. The number of para-hydroxylation sites is 1. The van der Waals surface area contributed by atoms with E-state index in [-0.39, 0.29) is 0 Å². The third-order valence-corrected chi connectivity index (χ3v) is 11.1. The van der Waals surface area contributed by atoms with E-state index < -0.39 is 0 Å². The van der Waals surface area contributed by atoms with Gasteiger partial charge in [-0.15, -0.1) is 0 Å². The number of hydrogen-bond donors (Lipinski definition) is 0. The first kappa shape index (κ1) is 32.7. The molecule has 0 radical (unpaired) electrons. The molecule has 0 aliphatic carbocycles. The second-order valence-corrected chi connectivity index (χ2v) is 14.4. The van der Waals surface area contributed by atoms with Crippen molar-refractivity contribution in [2.45, 2.75) is 0 Å². The molecule has 0 aliphatic rings. The van der Waals surface area contributed by atoms with Gasteiger partial charge in [0, 0.05) is 27.3 Å². The largest absolute Gasteiger partial charge is 0.278 e. The SMILES string of the molecule is c1ccc(-c2ccc(-c3nc(-c4cccc5cccc(-c6ccccc6)c45)nc(-n4c5ccccc5c5cc(-c6cccc7ccccc67)ccc54)n3)cc2)cc1. The fourth-order valence-corrected chi connectivity index (χ4v) is 8.38. The third kappa shape index (κ3) is 5.66. The summed E-state index contributed by atoms with van der Waals surface area (Å²) < 4.78 is 2.20. The van der Waals surface area contributed by atoms with Gasteiger partial charge in [0.2, 0.25) is 5.95 Å². The van der Waals surface area contributed by atoms with Gasteiger partial charge in [0.25, 0.3) is 0 Å². The van der Waals surface area contributed by atoms with Crippen molar-refractivity contribution < 1.29 is 0 Å². The quantitative estimate of drug-likeness (QED) is 0.171. The molecule has 11 rings (SSSR count). The number of hydrogen-bond acceptors (Lipinski definition) is 3. The molecular weight excluding hydrogens is 693 g/mol. The summed E-state index contributed by atoms with van der Waals surface area (Å²) in [5, 5.41) is 6.98. The zero-order valence-electron chi connectivity index (χ0n) is 30.9. The van der Waals surface area contributed by atoms with Crippen LogP contribution in [0.1, 0.15) is 0 Å². The van der Waals surface area contributed by atoms with Gasteiger partial charge in [-0.2, -0.15) is 9.97 Å². The minimum atomic E-state index is 0.570. The van der Waals surface area contributed by atoms with Crippen molar-refractivity contribution >= 4 is 43.4 Å². The monoisotopic (exact) mass is 726 g/mol. The number of benzene rings is 9. The van der Waals surface area contributed by atoms with Gasteiger partial charge in [-0.25, -0.2) is 4.98 Å². The van der Waals surface area contributed by atoms with Gasteiger partial charge in [-0.3, -0.25) is 4.57 Å². The van der Waals surface area contributed by atoms with Crippen molar-refractivity contribution in [2.24, 2.45) is 0 Å². The van der Waals surface area contributed by atoms with Gasteiger partial charge in [0.1, 0.15) is 0 Å². The molecule has 0 amide bonds. The minimum absolute atomic E-state index is 0.570. The predicted molar refractivity (Wildman–Crippen MR) is 236 cm³/mol. The van der Waals surface area contributed by atoms with Crippen molar-refractivity contribution in [3.05, 3.63) is 206 Å². The molecule has 11 aromatic rings. The zero-order valence-corrected chi connectivity index (χ0v) is 30.9. The Hall–Kier alpha value is -7.69. The molecule has 4 heteroatoms. The second kappa shape index (κ2) is 13.6. The van der Waals surface area contributed by atoms with Gasteiger partial charge >= 0.3 is 0 Å². The minimum Gasteiger partial charge on any atom is -0.278 e. The summed E-state index contributed by atoms with van der Waals surface area (Å²) >= 11 is 0. The van der Waals surface area contributed by atoms with Crippen LogP contribution in [0.5, 0.6) is 0 Å². The Bertz CT molecular complexity index is 3270. The first-order valence-corrected chi connectivity index (χ1v) is 19.3. The first-order valence-electron chi connectivity index (χ1n) is 19.3. The molecule has 4 nitrogen and oxygen atoms in total. The highest BCUT2D eigenvalue weighted by Crippen LogP contribution is 2.39. The standard InChI is InChI=1S/C53H34N4/c1-3-14-35(15-4-1)36-28-30-40(31-29-36)51-54-52(46-26-13-21-39-20-12-25-44(50(39)46)38-16-5-2-6-17-38)56-53(55-51)57-48-27-10-9-23-45(48)47-34-41(32-33-49(47)57)43-24-11-19-37-18-7-8-22-42(37)43/h1-34H. The molecule has 266 valence electrons. The predicted octanol–water partition coefficient (Wildman–Crippen LogP) is 13.6. The molecule has 0 saturated heterocycles. The molecule has 0 spiro atoms. The lowest BCUT2D eigenvalue weighted by Gasteiger charge is -2.14. The average molecular weight is 727 g/mol. The maximum Gasteiger partial charge on any atom is 0.238 e. The van der Waals surface area contributed by atoms with E-state index in [1.165, 1.54) is 27.5 Å². The highest BCUT2D eigenvalue weighted by Gasteiger charge is 2.20. The van der Waals surface area contributed by atoms with Gasteiger partial charge in [0.05, 0.1) is 11.0 Å². The van der Waals surface area contributed by atoms with Gasteiger partial charge in [0.15, 0.2) is 11.6 Å². The maximum atomic E-state index is 5.38. The molecule has 0 fully saturated rings. The first-order chi connectivity index (χ1) is 28.3. The normalized spacial score (nSPS) is 11.5. The van der Waals surface area contributed by atoms with Crippen LogP contribution in [0.15, 0.2) is 206 Å². The van der Waals surface area contributed by atoms with Gasteiger partial charge in [-0.05, 0) is 67.7 Å². The van der Waals surface area contributed by atoms with E-state index in [0.29, 0.717) is 17.6 Å². The third-order valence-electron chi connectivity index (χ3n) is 11.1. The van der Waals surface area contributed by atoms with E-state index in [4.69, 9.17) is 15.0 Å². The number of fused-ring (bicyclic) bond motifs is 5. The Morgan fingerprint density at radius 1 is 0.298 bits per heavy atom. The summed E-state index contributed by atoms with van der Waals surface area (Å²) in [6.07, 6.45) is 0. The van der Waals surface area contributed by atoms with E-state index in [1.54, 1.807) is 0 Å². The van der Waals surface area contributed by atoms with Gasteiger partial charge < -0.3 is 0 Å². The molecule has 0 N–H and O–H groups in total. The van der Waals surface area contributed by atoms with Crippen molar-refractivity contribution in [3.63, 3.8) is 0 Å². The molecule has 57 heavy (non-hydrogen) atoms. The lowest BCUT2D eigenvalue weighted by molar-refractivity contribution is 0.954. The average Bonchev–Trinajstić information content (AvgIpc) is 3.62. The van der Waals surface area contributed by atoms with Crippen LogP contribution in [-0.4, -0.2) is 19.5 Å². The maximum absolute atomic E-state index is 5.38. The lowest BCUT2D eigenvalue weighted by Crippen LogP contribution is -2.06. The van der Waals surface area contributed by atoms with Crippen LogP contribution in [-0.2, 0) is 0 Å². The van der Waals surface area contributed by atoms with E-state index in [0.717, 1.165) is 60.4 Å². The molecule has 0 bridgehead atoms. The van der Waals surface area contributed by atoms with Crippen LogP contribution in [0.2, 0.25) is 0 Å². The van der Waals surface area contributed by atoms with Crippen LogP contribution < -0.4 is 0 Å². The number of rotatable bonds is 6. The fraction of sp³-hybridized carbons (Fsp3) is 0. The van der Waals surface area contributed by atoms with Crippen molar-refractivity contribution in [1.29, 1.82) is 0 Å². The molecule has 0 atom stereocenters.